The van der Waals surface area contributed by atoms with Crippen LogP contribution in [0.4, 0.5) is 19.0 Å². The van der Waals surface area contributed by atoms with Gasteiger partial charge in [-0.25, -0.2) is 28.5 Å². The van der Waals surface area contributed by atoms with E-state index in [4.69, 9.17) is 27.9 Å². The molecule has 0 bridgehead atoms. The minimum Gasteiger partial charge on any atom is -0.504 e. The predicted octanol–water partition coefficient (Wildman–Crippen LogP) is 5.85. The number of anilines is 1. The summed E-state index contributed by atoms with van der Waals surface area (Å²) in [6, 6.07) is 18.8. The van der Waals surface area contributed by atoms with E-state index in [1.807, 2.05) is 0 Å². The Balaban J connectivity index is 1.36. The van der Waals surface area contributed by atoms with Gasteiger partial charge in [-0.15, -0.1) is 0 Å². The summed E-state index contributed by atoms with van der Waals surface area (Å²) in [7, 11) is 1.37. The van der Waals surface area contributed by atoms with Gasteiger partial charge in [0.2, 0.25) is 0 Å². The predicted molar refractivity (Wildman–Crippen MR) is 190 cm³/mol. The fourth-order valence-corrected chi connectivity index (χ4v) is 8.44. The highest BCUT2D eigenvalue weighted by atomic mass is 35.5. The minimum absolute atomic E-state index is 0.0745. The molecule has 2 amide bonds. The van der Waals surface area contributed by atoms with Gasteiger partial charge in [0.1, 0.15) is 0 Å². The zero-order chi connectivity index (χ0) is 38.3. The zero-order valence-electron chi connectivity index (χ0n) is 27.9. The molecule has 8 rings (SSSR count). The monoisotopic (exact) mass is 778 g/mol. The van der Waals surface area contributed by atoms with Gasteiger partial charge in [-0.05, 0) is 65.6 Å². The van der Waals surface area contributed by atoms with Crippen molar-refractivity contribution in [3.8, 4) is 17.2 Å². The first-order valence-electron chi connectivity index (χ1n) is 16.5. The van der Waals surface area contributed by atoms with Crippen LogP contribution in [-0.2, 0) is 27.7 Å². The molecular weight excluding hydrogens is 752 g/mol. The molecule has 2 N–H and O–H groups in total. The van der Waals surface area contributed by atoms with E-state index in [1.54, 1.807) is 66.7 Å². The number of fused-ring (bicyclic) bond motifs is 4. The molecule has 3 aromatic carbocycles. The molecule has 0 radical (unpaired) electrons. The minimum atomic E-state index is -4.76. The second-order valence-corrected chi connectivity index (χ2v) is 13.9. The molecule has 1 saturated heterocycles. The summed E-state index contributed by atoms with van der Waals surface area (Å²) in [5.74, 6) is -4.49. The van der Waals surface area contributed by atoms with E-state index < -0.39 is 69.1 Å². The molecule has 4 atom stereocenters. The SMILES string of the molecule is COc1ccc(C2C3=CCn4c(=O)n(-c5ccccc5)c(=O)n4C3CC3C(=O)N(Nc4ncc(C(F)(F)F)cc4Cl)C(=O)C32c2ccc(Cl)cc2)cc1O. The normalized spacial score (nSPS) is 22.0. The zero-order valence-corrected chi connectivity index (χ0v) is 29.4. The Kier molecular flexibility index (Phi) is 8.26. The number of pyridine rings is 1. The number of hydrogen-bond donors (Lipinski definition) is 2. The second-order valence-electron chi connectivity index (χ2n) is 13.1. The van der Waals surface area contributed by atoms with Gasteiger partial charge in [0, 0.05) is 17.1 Å². The Morgan fingerprint density at radius 3 is 2.33 bits per heavy atom. The van der Waals surface area contributed by atoms with Crippen LogP contribution < -0.4 is 21.5 Å². The van der Waals surface area contributed by atoms with Crippen molar-refractivity contribution in [3.63, 3.8) is 0 Å². The second kappa shape index (κ2) is 12.7. The summed E-state index contributed by atoms with van der Waals surface area (Å²) in [6.07, 6.45) is -2.67. The van der Waals surface area contributed by atoms with Crippen molar-refractivity contribution in [1.82, 2.24) is 23.9 Å². The van der Waals surface area contributed by atoms with Crippen molar-refractivity contribution in [3.05, 3.63) is 144 Å². The highest BCUT2D eigenvalue weighted by Gasteiger charge is 2.69. The number of allylic oxidation sites excluding steroid dienone is 2. The van der Waals surface area contributed by atoms with Crippen LogP contribution >= 0.6 is 23.2 Å². The number of carbonyl (C=O) groups excluding carboxylic acids is 2. The number of hydrazine groups is 1. The maximum atomic E-state index is 15.2. The molecule has 3 aliphatic rings. The molecule has 0 spiro atoms. The Bertz CT molecular complexity index is 2520. The summed E-state index contributed by atoms with van der Waals surface area (Å²) in [6.45, 7) is -0.0745. The van der Waals surface area contributed by atoms with Crippen LogP contribution in [0, 0.1) is 5.92 Å². The number of methoxy groups -OCH3 is 1. The number of hydrogen-bond acceptors (Lipinski definition) is 8. The number of imide groups is 1. The maximum Gasteiger partial charge on any atom is 0.417 e. The molecule has 54 heavy (non-hydrogen) atoms. The van der Waals surface area contributed by atoms with Crippen LogP contribution in [-0.4, -0.2) is 48.0 Å². The van der Waals surface area contributed by atoms with Crippen LogP contribution in [0.25, 0.3) is 5.69 Å². The standard InChI is InChI=1S/C37H27Cl2F3N6O6/c1-54-29-12-7-19(15-28(29)49)30-24-13-14-45-34(52)46(23-5-3-2-4-6-23)35(53)48(45)27(24)17-25-32(50)47(33(51)36(25,30)20-8-10-22(38)11-9-20)44-31-26(39)16-21(18-43-31)37(40,41)42/h2-13,15-16,18,25,27,30,49H,14,17H2,1H3,(H,43,44). The summed E-state index contributed by atoms with van der Waals surface area (Å²) in [5.41, 5.74) is -0.106. The fraction of sp³-hybridized carbons (Fsp3) is 0.216. The van der Waals surface area contributed by atoms with Crippen LogP contribution in [0.15, 0.2) is 106 Å². The number of nitrogens with zero attached hydrogens (tertiary/aromatic N) is 5. The van der Waals surface area contributed by atoms with E-state index in [-0.39, 0.29) is 24.5 Å². The molecule has 276 valence electrons. The van der Waals surface area contributed by atoms with Crippen molar-refractivity contribution in [2.75, 3.05) is 12.5 Å². The van der Waals surface area contributed by atoms with Gasteiger partial charge in [0.25, 0.3) is 11.8 Å². The first-order chi connectivity index (χ1) is 25.8. The lowest BCUT2D eigenvalue weighted by Gasteiger charge is -2.49. The Hall–Kier alpha value is -5.80. The number of aromatic hydroxyl groups is 1. The van der Waals surface area contributed by atoms with Gasteiger partial charge >= 0.3 is 17.6 Å². The fourth-order valence-electron chi connectivity index (χ4n) is 8.10. The van der Waals surface area contributed by atoms with E-state index in [9.17, 15) is 32.7 Å². The highest BCUT2D eigenvalue weighted by molar-refractivity contribution is 6.33. The number of benzene rings is 3. The number of aromatic nitrogens is 4. The Morgan fingerprint density at radius 1 is 0.963 bits per heavy atom. The molecular formula is C37H27Cl2F3N6O6. The van der Waals surface area contributed by atoms with E-state index in [1.165, 1.54) is 28.6 Å². The number of phenols is 1. The molecule has 1 aliphatic carbocycles. The topological polar surface area (TPSA) is 141 Å². The molecule has 2 aliphatic heterocycles. The molecule has 2 fully saturated rings. The smallest absolute Gasteiger partial charge is 0.417 e. The van der Waals surface area contributed by atoms with E-state index in [0.717, 1.165) is 4.57 Å². The van der Waals surface area contributed by atoms with Crippen LogP contribution in [0.5, 0.6) is 11.5 Å². The van der Waals surface area contributed by atoms with Crippen molar-refractivity contribution in [1.29, 1.82) is 0 Å². The van der Waals surface area contributed by atoms with E-state index in [0.29, 0.717) is 44.7 Å². The quantitative estimate of drug-likeness (QED) is 0.162. The van der Waals surface area contributed by atoms with Gasteiger partial charge in [-0.2, -0.15) is 18.2 Å². The van der Waals surface area contributed by atoms with Gasteiger partial charge in [-0.1, -0.05) is 65.7 Å². The van der Waals surface area contributed by atoms with Gasteiger partial charge < -0.3 is 9.84 Å². The molecule has 17 heteroatoms. The molecule has 4 heterocycles. The van der Waals surface area contributed by atoms with Crippen molar-refractivity contribution in [2.24, 2.45) is 5.92 Å². The number of nitrogens with one attached hydrogen (secondary N) is 1. The molecule has 2 aromatic heterocycles. The highest BCUT2D eigenvalue weighted by Crippen LogP contribution is 2.62. The summed E-state index contributed by atoms with van der Waals surface area (Å²) in [4.78, 5) is 61.9. The largest absolute Gasteiger partial charge is 0.504 e. The van der Waals surface area contributed by atoms with Crippen molar-refractivity contribution < 1.29 is 32.6 Å². The lowest BCUT2D eigenvalue weighted by Crippen LogP contribution is -2.53. The first-order valence-corrected chi connectivity index (χ1v) is 17.2. The van der Waals surface area contributed by atoms with Gasteiger partial charge in [-0.3, -0.25) is 15.0 Å². The lowest BCUT2D eigenvalue weighted by atomic mass is 9.53. The van der Waals surface area contributed by atoms with Crippen molar-refractivity contribution >= 4 is 40.8 Å². The average molecular weight is 780 g/mol. The lowest BCUT2D eigenvalue weighted by molar-refractivity contribution is -0.139. The van der Waals surface area contributed by atoms with Crippen LogP contribution in [0.2, 0.25) is 10.0 Å². The molecule has 12 nitrogen and oxygen atoms in total. The molecule has 4 unspecified atom stereocenters. The number of amides is 2. The van der Waals surface area contributed by atoms with E-state index >= 15 is 4.79 Å². The number of halogens is 5. The Labute approximate surface area is 313 Å². The number of rotatable bonds is 6. The number of carbonyl (C=O) groups is 2. The van der Waals surface area contributed by atoms with Crippen LogP contribution in [0.1, 0.15) is 35.1 Å². The molecule has 5 aromatic rings. The average Bonchev–Trinajstić information content (AvgIpc) is 3.53. The third-order valence-corrected chi connectivity index (χ3v) is 10.9. The summed E-state index contributed by atoms with van der Waals surface area (Å²) in [5, 5.41) is 11.6. The van der Waals surface area contributed by atoms with Gasteiger partial charge in [0.05, 0.1) is 47.3 Å². The number of para-hydroxylation sites is 1. The Morgan fingerprint density at radius 2 is 1.69 bits per heavy atom. The van der Waals surface area contributed by atoms with Crippen molar-refractivity contribution in [2.45, 2.75) is 36.5 Å². The first kappa shape index (κ1) is 35.2. The number of alkyl halides is 3. The number of phenolic OH excluding ortho intramolecular Hbond substituents is 1. The third kappa shape index (κ3) is 5.16. The number of ether oxygens (including phenoxy) is 1. The summed E-state index contributed by atoms with van der Waals surface area (Å²) >= 11 is 12.5. The maximum absolute atomic E-state index is 15.2. The summed E-state index contributed by atoms with van der Waals surface area (Å²) < 4.78 is 49.2. The van der Waals surface area contributed by atoms with E-state index in [2.05, 4.69) is 10.4 Å². The van der Waals surface area contributed by atoms with Gasteiger partial charge in [0.15, 0.2) is 17.3 Å². The van der Waals surface area contributed by atoms with Crippen LogP contribution in [0.3, 0.4) is 0 Å². The molecule has 1 saturated carbocycles. The third-order valence-electron chi connectivity index (χ3n) is 10.4.